The standard InChI is InChI=1S/C21H34Cl2/c1-4-5-6-7-8-9-10-11-12-13-14-19-18(17(2)3)15-16-20(22)21(19)23/h15-17H,4-14H2,1-3H3. The fourth-order valence-corrected chi connectivity index (χ4v) is 3.64. The summed E-state index contributed by atoms with van der Waals surface area (Å²) in [4.78, 5) is 0. The van der Waals surface area contributed by atoms with Crippen LogP contribution < -0.4 is 0 Å². The first-order valence-corrected chi connectivity index (χ1v) is 10.3. The second-order valence-electron chi connectivity index (χ2n) is 7.02. The molecule has 1 rings (SSSR count). The van der Waals surface area contributed by atoms with Crippen molar-refractivity contribution in [2.24, 2.45) is 0 Å². The van der Waals surface area contributed by atoms with Gasteiger partial charge in [0.2, 0.25) is 0 Å². The van der Waals surface area contributed by atoms with Crippen LogP contribution in [0.15, 0.2) is 12.1 Å². The van der Waals surface area contributed by atoms with E-state index in [0.717, 1.165) is 11.4 Å². The van der Waals surface area contributed by atoms with Crippen molar-refractivity contribution in [1.82, 2.24) is 0 Å². The highest BCUT2D eigenvalue weighted by molar-refractivity contribution is 6.42. The van der Waals surface area contributed by atoms with Gasteiger partial charge in [0.15, 0.2) is 0 Å². The van der Waals surface area contributed by atoms with Crippen molar-refractivity contribution < 1.29 is 0 Å². The minimum atomic E-state index is 0.503. The predicted octanol–water partition coefficient (Wildman–Crippen LogP) is 8.58. The second kappa shape index (κ2) is 12.2. The summed E-state index contributed by atoms with van der Waals surface area (Å²) < 4.78 is 0. The molecular weight excluding hydrogens is 323 g/mol. The van der Waals surface area contributed by atoms with Crippen LogP contribution in [-0.4, -0.2) is 0 Å². The largest absolute Gasteiger partial charge is 0.0827 e. The number of unbranched alkanes of at least 4 members (excludes halogenated alkanes) is 9. The van der Waals surface area contributed by atoms with Crippen molar-refractivity contribution in [3.8, 4) is 0 Å². The first-order valence-electron chi connectivity index (χ1n) is 9.54. The van der Waals surface area contributed by atoms with Crippen LogP contribution >= 0.6 is 23.2 Å². The summed E-state index contributed by atoms with van der Waals surface area (Å²) in [5, 5.41) is 1.46. The average molecular weight is 357 g/mol. The van der Waals surface area contributed by atoms with E-state index in [9.17, 15) is 0 Å². The quantitative estimate of drug-likeness (QED) is 0.329. The lowest BCUT2D eigenvalue weighted by molar-refractivity contribution is 0.556. The van der Waals surface area contributed by atoms with E-state index in [1.54, 1.807) is 0 Å². The summed E-state index contributed by atoms with van der Waals surface area (Å²) in [7, 11) is 0. The van der Waals surface area contributed by atoms with E-state index in [1.165, 1.54) is 75.3 Å². The lowest BCUT2D eigenvalue weighted by Crippen LogP contribution is -1.98. The maximum Gasteiger partial charge on any atom is 0.0627 e. The van der Waals surface area contributed by atoms with Crippen molar-refractivity contribution in [2.45, 2.75) is 97.3 Å². The highest BCUT2D eigenvalue weighted by Crippen LogP contribution is 2.33. The van der Waals surface area contributed by atoms with Crippen molar-refractivity contribution in [2.75, 3.05) is 0 Å². The van der Waals surface area contributed by atoms with Crippen LogP contribution in [0.25, 0.3) is 0 Å². The summed E-state index contributed by atoms with van der Waals surface area (Å²) in [6.45, 7) is 6.72. The molecule has 0 spiro atoms. The van der Waals surface area contributed by atoms with Gasteiger partial charge in [-0.2, -0.15) is 0 Å². The lowest BCUT2D eigenvalue weighted by atomic mass is 9.93. The molecule has 0 saturated heterocycles. The van der Waals surface area contributed by atoms with Crippen molar-refractivity contribution in [1.29, 1.82) is 0 Å². The van der Waals surface area contributed by atoms with Gasteiger partial charge in [-0.1, -0.05) is 108 Å². The molecule has 0 aliphatic rings. The number of halogens is 2. The smallest absolute Gasteiger partial charge is 0.0627 e. The SMILES string of the molecule is CCCCCCCCCCCCc1c(C(C)C)ccc(Cl)c1Cl. The molecule has 2 heteroatoms. The molecule has 0 N–H and O–H groups in total. The van der Waals surface area contributed by atoms with Crippen LogP contribution in [0.2, 0.25) is 10.0 Å². The van der Waals surface area contributed by atoms with Crippen LogP contribution in [0.3, 0.4) is 0 Å². The monoisotopic (exact) mass is 356 g/mol. The van der Waals surface area contributed by atoms with Gasteiger partial charge in [0, 0.05) is 0 Å². The van der Waals surface area contributed by atoms with E-state index < -0.39 is 0 Å². The summed E-state index contributed by atoms with van der Waals surface area (Å²) >= 11 is 12.6. The molecule has 0 amide bonds. The summed E-state index contributed by atoms with van der Waals surface area (Å²) in [6, 6.07) is 4.08. The van der Waals surface area contributed by atoms with Gasteiger partial charge >= 0.3 is 0 Å². The Kier molecular flexibility index (Phi) is 11.1. The molecule has 0 aliphatic heterocycles. The first kappa shape index (κ1) is 20.8. The van der Waals surface area contributed by atoms with Crippen LogP contribution in [0.4, 0.5) is 0 Å². The molecule has 0 unspecified atom stereocenters. The van der Waals surface area contributed by atoms with E-state index in [0.29, 0.717) is 10.9 Å². The lowest BCUT2D eigenvalue weighted by Gasteiger charge is -2.15. The van der Waals surface area contributed by atoms with E-state index in [-0.39, 0.29) is 0 Å². The third-order valence-electron chi connectivity index (χ3n) is 4.63. The predicted molar refractivity (Wildman–Crippen MR) is 106 cm³/mol. The average Bonchev–Trinajstić information content (AvgIpc) is 2.52. The zero-order valence-electron chi connectivity index (χ0n) is 15.3. The Morgan fingerprint density at radius 3 is 1.83 bits per heavy atom. The van der Waals surface area contributed by atoms with Gasteiger partial charge < -0.3 is 0 Å². The first-order chi connectivity index (χ1) is 11.1. The molecule has 0 bridgehead atoms. The van der Waals surface area contributed by atoms with Crippen molar-refractivity contribution in [3.05, 3.63) is 33.3 Å². The van der Waals surface area contributed by atoms with Crippen LogP contribution in [0.5, 0.6) is 0 Å². The van der Waals surface area contributed by atoms with E-state index in [1.807, 2.05) is 6.07 Å². The normalized spacial score (nSPS) is 11.4. The van der Waals surface area contributed by atoms with Crippen molar-refractivity contribution >= 4 is 23.2 Å². The minimum absolute atomic E-state index is 0.503. The third kappa shape index (κ3) is 7.94. The summed E-state index contributed by atoms with van der Waals surface area (Å²) in [5.74, 6) is 0.503. The highest BCUT2D eigenvalue weighted by Gasteiger charge is 2.12. The topological polar surface area (TPSA) is 0 Å². The molecule has 132 valence electrons. The number of benzene rings is 1. The van der Waals surface area contributed by atoms with Gasteiger partial charge in [0.1, 0.15) is 0 Å². The molecule has 0 aliphatic carbocycles. The van der Waals surface area contributed by atoms with Crippen LogP contribution in [-0.2, 0) is 6.42 Å². The number of hydrogen-bond donors (Lipinski definition) is 0. The zero-order chi connectivity index (χ0) is 17.1. The molecule has 0 fully saturated rings. The van der Waals surface area contributed by atoms with Gasteiger partial charge in [-0.05, 0) is 36.0 Å². The molecule has 1 aromatic carbocycles. The van der Waals surface area contributed by atoms with Gasteiger partial charge in [0.05, 0.1) is 10.0 Å². The van der Waals surface area contributed by atoms with E-state index in [2.05, 4.69) is 26.8 Å². The fraction of sp³-hybridized carbons (Fsp3) is 0.714. The molecule has 0 saturated carbocycles. The van der Waals surface area contributed by atoms with Crippen LogP contribution in [0.1, 0.15) is 102 Å². The van der Waals surface area contributed by atoms with Gasteiger partial charge in [-0.25, -0.2) is 0 Å². The summed E-state index contributed by atoms with van der Waals surface area (Å²) in [6.07, 6.45) is 14.7. The molecular formula is C21H34Cl2. The molecule has 0 atom stereocenters. The second-order valence-corrected chi connectivity index (χ2v) is 7.80. The fourth-order valence-electron chi connectivity index (χ4n) is 3.19. The molecule has 0 radical (unpaired) electrons. The van der Waals surface area contributed by atoms with E-state index >= 15 is 0 Å². The molecule has 0 nitrogen and oxygen atoms in total. The molecule has 23 heavy (non-hydrogen) atoms. The number of rotatable bonds is 12. The van der Waals surface area contributed by atoms with Crippen LogP contribution in [0, 0.1) is 0 Å². The third-order valence-corrected chi connectivity index (χ3v) is 5.48. The Morgan fingerprint density at radius 2 is 1.30 bits per heavy atom. The maximum absolute atomic E-state index is 6.43. The van der Waals surface area contributed by atoms with Gasteiger partial charge in [-0.15, -0.1) is 0 Å². The zero-order valence-corrected chi connectivity index (χ0v) is 16.8. The minimum Gasteiger partial charge on any atom is -0.0827 e. The molecule has 0 aromatic heterocycles. The van der Waals surface area contributed by atoms with Gasteiger partial charge in [-0.3, -0.25) is 0 Å². The number of hydrogen-bond acceptors (Lipinski definition) is 0. The Bertz CT molecular complexity index is 438. The van der Waals surface area contributed by atoms with Gasteiger partial charge in [0.25, 0.3) is 0 Å². The Labute approximate surface area is 154 Å². The Morgan fingerprint density at radius 1 is 0.783 bits per heavy atom. The Balaban J connectivity index is 2.25. The molecule has 1 aromatic rings. The highest BCUT2D eigenvalue weighted by atomic mass is 35.5. The summed E-state index contributed by atoms with van der Waals surface area (Å²) in [5.41, 5.74) is 2.63. The Hall–Kier alpha value is -0.200. The maximum atomic E-state index is 6.43. The molecule has 0 heterocycles. The van der Waals surface area contributed by atoms with E-state index in [4.69, 9.17) is 23.2 Å². The van der Waals surface area contributed by atoms with Crippen molar-refractivity contribution in [3.63, 3.8) is 0 Å².